The molecule has 1 heterocycles. The van der Waals surface area contributed by atoms with Gasteiger partial charge in [-0.15, -0.1) is 0 Å². The molecule has 8 heteroatoms. The first kappa shape index (κ1) is 25.3. The molecule has 1 atom stereocenters. The number of carbonyl (C=O) groups is 2. The first-order valence-electron chi connectivity index (χ1n) is 8.86. The van der Waals surface area contributed by atoms with Gasteiger partial charge in [0.05, 0.1) is 56.3 Å². The highest BCUT2D eigenvalue weighted by atomic mass is 35.5. The molecule has 0 N–H and O–H groups in total. The summed E-state index contributed by atoms with van der Waals surface area (Å²) in [6.07, 6.45) is -0.505. The Labute approximate surface area is 168 Å². The third-order valence-corrected chi connectivity index (χ3v) is 3.85. The molecule has 0 aliphatic heterocycles. The molecule has 0 radical (unpaired) electrons. The normalized spacial score (nSPS) is 12.3. The monoisotopic (exact) mass is 401 g/mol. The summed E-state index contributed by atoms with van der Waals surface area (Å²) < 4.78 is 11.4. The molecule has 0 saturated carbocycles. The molecule has 1 aromatic heterocycles. The van der Waals surface area contributed by atoms with Crippen LogP contribution in [0, 0.1) is 26.7 Å². The van der Waals surface area contributed by atoms with Gasteiger partial charge in [0.25, 0.3) is 0 Å². The van der Waals surface area contributed by atoms with Crippen LogP contribution < -0.4 is 12.4 Å². The van der Waals surface area contributed by atoms with E-state index >= 15 is 0 Å². The fraction of sp³-hybridized carbons (Fsp3) is 0.684. The standard InChI is InChI=1S/C19H32N3O4.ClH/c1-12(2)19(24)26-16(10-22(6,7)8)9-18(23)25-11-17-15(5)20-13(3)14(4)21-17;/h12,16H,9-11H2,1-8H3;1H/q+1;/p-1. The van der Waals surface area contributed by atoms with Crippen molar-refractivity contribution in [2.75, 3.05) is 27.7 Å². The van der Waals surface area contributed by atoms with Crippen molar-refractivity contribution in [1.29, 1.82) is 0 Å². The first-order chi connectivity index (χ1) is 11.9. The van der Waals surface area contributed by atoms with Crippen molar-refractivity contribution in [2.45, 2.75) is 53.8 Å². The second-order valence-corrected chi connectivity index (χ2v) is 7.98. The molecule has 1 rings (SSSR count). The summed E-state index contributed by atoms with van der Waals surface area (Å²) in [5.41, 5.74) is 3.07. The van der Waals surface area contributed by atoms with Crippen molar-refractivity contribution in [3.05, 3.63) is 22.8 Å². The number of rotatable bonds is 8. The van der Waals surface area contributed by atoms with E-state index in [-0.39, 0.29) is 37.3 Å². The predicted octanol–water partition coefficient (Wildman–Crippen LogP) is -0.887. The van der Waals surface area contributed by atoms with E-state index in [1.807, 2.05) is 41.9 Å². The zero-order chi connectivity index (χ0) is 20.1. The van der Waals surface area contributed by atoms with Crippen LogP contribution in [0.5, 0.6) is 0 Å². The van der Waals surface area contributed by atoms with E-state index in [0.717, 1.165) is 17.1 Å². The Morgan fingerprint density at radius 3 is 2.07 bits per heavy atom. The number of carbonyl (C=O) groups excluding carboxylic acids is 2. The largest absolute Gasteiger partial charge is 1.00 e. The van der Waals surface area contributed by atoms with Crippen molar-refractivity contribution in [1.82, 2.24) is 9.97 Å². The molecular formula is C19H32ClN3O4. The fourth-order valence-corrected chi connectivity index (χ4v) is 2.35. The van der Waals surface area contributed by atoms with Crippen molar-refractivity contribution in [2.24, 2.45) is 5.92 Å². The molecule has 0 aliphatic rings. The van der Waals surface area contributed by atoms with Gasteiger partial charge in [-0.2, -0.15) is 0 Å². The number of ether oxygens (including phenoxy) is 2. The summed E-state index contributed by atoms with van der Waals surface area (Å²) in [6, 6.07) is 0. The van der Waals surface area contributed by atoms with Gasteiger partial charge in [-0.05, 0) is 20.8 Å². The van der Waals surface area contributed by atoms with Gasteiger partial charge in [-0.3, -0.25) is 19.6 Å². The Kier molecular flexibility index (Phi) is 9.89. The van der Waals surface area contributed by atoms with Gasteiger partial charge >= 0.3 is 11.9 Å². The lowest BCUT2D eigenvalue weighted by Gasteiger charge is -2.29. The van der Waals surface area contributed by atoms with Crippen molar-refractivity contribution < 1.29 is 36.0 Å². The van der Waals surface area contributed by atoms with Crippen LogP contribution in [-0.4, -0.2) is 60.2 Å². The van der Waals surface area contributed by atoms with Crippen LogP contribution in [0.4, 0.5) is 0 Å². The quantitative estimate of drug-likeness (QED) is 0.415. The SMILES string of the molecule is Cc1nc(C)c(COC(=O)CC(C[N+](C)(C)C)OC(=O)C(C)C)nc1C.[Cl-]. The average molecular weight is 402 g/mol. The molecule has 27 heavy (non-hydrogen) atoms. The van der Waals surface area contributed by atoms with Gasteiger partial charge in [-0.1, -0.05) is 13.8 Å². The zero-order valence-electron chi connectivity index (χ0n) is 17.6. The van der Waals surface area contributed by atoms with Gasteiger partial charge in [0.2, 0.25) is 0 Å². The van der Waals surface area contributed by atoms with E-state index in [1.54, 1.807) is 13.8 Å². The highest BCUT2D eigenvalue weighted by molar-refractivity contribution is 5.73. The molecule has 1 unspecified atom stereocenters. The number of quaternary nitrogens is 1. The first-order valence-corrected chi connectivity index (χ1v) is 8.86. The second kappa shape index (κ2) is 10.6. The average Bonchev–Trinajstić information content (AvgIpc) is 2.47. The maximum atomic E-state index is 12.3. The molecule has 0 saturated heterocycles. The minimum atomic E-state index is -0.524. The molecule has 0 bridgehead atoms. The van der Waals surface area contributed by atoms with Crippen LogP contribution in [0.15, 0.2) is 0 Å². The lowest BCUT2D eigenvalue weighted by molar-refractivity contribution is -0.873. The number of hydrogen-bond acceptors (Lipinski definition) is 6. The Hall–Kier alpha value is -1.73. The summed E-state index contributed by atoms with van der Waals surface area (Å²) in [5, 5.41) is 0. The molecule has 0 fully saturated rings. The summed E-state index contributed by atoms with van der Waals surface area (Å²) in [7, 11) is 5.95. The maximum absolute atomic E-state index is 12.3. The summed E-state index contributed by atoms with van der Waals surface area (Å²) >= 11 is 0. The topological polar surface area (TPSA) is 78.4 Å². The number of aromatic nitrogens is 2. The molecular weight excluding hydrogens is 370 g/mol. The Bertz CT molecular complexity index is 657. The number of halogens is 1. The van der Waals surface area contributed by atoms with E-state index in [4.69, 9.17) is 9.47 Å². The summed E-state index contributed by atoms with van der Waals surface area (Å²) in [5.74, 6) is -0.971. The smallest absolute Gasteiger partial charge is 0.310 e. The van der Waals surface area contributed by atoms with Gasteiger partial charge in [0.15, 0.2) is 6.10 Å². The van der Waals surface area contributed by atoms with Crippen LogP contribution in [-0.2, 0) is 25.7 Å². The number of esters is 2. The Morgan fingerprint density at radius 1 is 1.00 bits per heavy atom. The highest BCUT2D eigenvalue weighted by Crippen LogP contribution is 2.12. The van der Waals surface area contributed by atoms with E-state index in [0.29, 0.717) is 16.7 Å². The lowest BCUT2D eigenvalue weighted by atomic mass is 10.2. The third kappa shape index (κ3) is 9.15. The van der Waals surface area contributed by atoms with Crippen LogP contribution in [0.1, 0.15) is 43.0 Å². The summed E-state index contributed by atoms with van der Waals surface area (Å²) in [4.78, 5) is 33.0. The second-order valence-electron chi connectivity index (χ2n) is 7.98. The number of hydrogen-bond donors (Lipinski definition) is 0. The van der Waals surface area contributed by atoms with Gasteiger partial charge < -0.3 is 26.4 Å². The van der Waals surface area contributed by atoms with Crippen LogP contribution in [0.3, 0.4) is 0 Å². The molecule has 1 aromatic rings. The molecule has 0 spiro atoms. The molecule has 7 nitrogen and oxygen atoms in total. The van der Waals surface area contributed by atoms with Crippen molar-refractivity contribution in [3.63, 3.8) is 0 Å². The fourth-order valence-electron chi connectivity index (χ4n) is 2.35. The molecule has 0 amide bonds. The minimum Gasteiger partial charge on any atom is -1.00 e. The molecule has 154 valence electrons. The lowest BCUT2D eigenvalue weighted by Crippen LogP contribution is -3.00. The minimum absolute atomic E-state index is 0. The summed E-state index contributed by atoms with van der Waals surface area (Å²) in [6.45, 7) is 9.73. The zero-order valence-corrected chi connectivity index (χ0v) is 18.4. The Balaban J connectivity index is 0.00000676. The number of nitrogens with zero attached hydrogens (tertiary/aromatic N) is 3. The van der Waals surface area contributed by atoms with E-state index in [1.165, 1.54) is 0 Å². The van der Waals surface area contributed by atoms with Crippen molar-refractivity contribution >= 4 is 11.9 Å². The van der Waals surface area contributed by atoms with E-state index < -0.39 is 12.1 Å². The van der Waals surface area contributed by atoms with Gasteiger partial charge in [0, 0.05) is 0 Å². The molecule has 0 aromatic carbocycles. The highest BCUT2D eigenvalue weighted by Gasteiger charge is 2.26. The van der Waals surface area contributed by atoms with Crippen molar-refractivity contribution in [3.8, 4) is 0 Å². The predicted molar refractivity (Wildman–Crippen MR) is 98.3 cm³/mol. The van der Waals surface area contributed by atoms with Crippen LogP contribution in [0.2, 0.25) is 0 Å². The van der Waals surface area contributed by atoms with E-state index in [9.17, 15) is 9.59 Å². The number of likely N-dealkylation sites (N-methyl/N-ethyl adjacent to an activating group) is 1. The number of aryl methyl sites for hydroxylation is 3. The van der Waals surface area contributed by atoms with Crippen LogP contribution >= 0.6 is 0 Å². The van der Waals surface area contributed by atoms with Gasteiger partial charge in [0.1, 0.15) is 13.2 Å². The third-order valence-electron chi connectivity index (χ3n) is 3.85. The Morgan fingerprint density at radius 2 is 1.56 bits per heavy atom. The van der Waals surface area contributed by atoms with E-state index in [2.05, 4.69) is 9.97 Å². The molecule has 0 aliphatic carbocycles. The van der Waals surface area contributed by atoms with Crippen LogP contribution in [0.25, 0.3) is 0 Å². The van der Waals surface area contributed by atoms with Gasteiger partial charge in [-0.25, -0.2) is 0 Å². The maximum Gasteiger partial charge on any atom is 0.310 e.